The van der Waals surface area contributed by atoms with E-state index in [2.05, 4.69) is 36.4 Å². The van der Waals surface area contributed by atoms with Gasteiger partial charge in [-0.05, 0) is 72.7 Å². The highest BCUT2D eigenvalue weighted by Gasteiger charge is 2.31. The number of carbonyl (C=O) groups is 3. The largest absolute Gasteiger partial charge is 0.508 e. The van der Waals surface area contributed by atoms with Crippen LogP contribution in [0, 0.1) is 19.3 Å². The molecule has 5 rings (SSSR count). The highest BCUT2D eigenvalue weighted by Crippen LogP contribution is 2.26. The minimum Gasteiger partial charge on any atom is -0.508 e. The lowest BCUT2D eigenvalue weighted by Gasteiger charge is -2.25. The van der Waals surface area contributed by atoms with Gasteiger partial charge < -0.3 is 46.7 Å². The van der Waals surface area contributed by atoms with Crippen molar-refractivity contribution in [2.24, 2.45) is 5.73 Å². The van der Waals surface area contributed by atoms with Crippen LogP contribution in [0.25, 0.3) is 10.9 Å². The summed E-state index contributed by atoms with van der Waals surface area (Å²) in [4.78, 5) is 47.6. The number of aromatic nitrogens is 3. The molecule has 272 valence electrons. The van der Waals surface area contributed by atoms with Crippen LogP contribution in [0.5, 0.6) is 5.75 Å². The third-order valence-electron chi connectivity index (χ3n) is 8.72. The summed E-state index contributed by atoms with van der Waals surface area (Å²) in [6, 6.07) is 17.4. The lowest BCUT2D eigenvalue weighted by atomic mass is 9.95. The first kappa shape index (κ1) is 36.9. The molecule has 0 bridgehead atoms. The molecular formula is C37H43N9O6. The zero-order valence-corrected chi connectivity index (χ0v) is 28.9. The number of fused-ring (bicyclic) bond motifs is 1. The highest BCUT2D eigenvalue weighted by atomic mass is 16.5. The summed E-state index contributed by atoms with van der Waals surface area (Å²) < 4.78 is 5.74. The molecule has 0 aliphatic heterocycles. The Morgan fingerprint density at radius 3 is 2.35 bits per heavy atom. The lowest BCUT2D eigenvalue weighted by Crippen LogP contribution is -2.55. The van der Waals surface area contributed by atoms with Gasteiger partial charge in [0.25, 0.3) is 0 Å². The number of hydrogen-bond acceptors (Lipinski definition) is 8. The molecule has 0 saturated carbocycles. The van der Waals surface area contributed by atoms with Gasteiger partial charge in [-0.1, -0.05) is 53.7 Å². The molecule has 5 aromatic rings. The van der Waals surface area contributed by atoms with Gasteiger partial charge in [-0.15, -0.1) is 0 Å². The van der Waals surface area contributed by atoms with Crippen molar-refractivity contribution in [3.63, 3.8) is 0 Å². The minimum atomic E-state index is -1.41. The fourth-order valence-electron chi connectivity index (χ4n) is 6.18. The van der Waals surface area contributed by atoms with Crippen molar-refractivity contribution in [2.45, 2.75) is 64.1 Å². The summed E-state index contributed by atoms with van der Waals surface area (Å²) in [5.41, 5.74) is 10.3. The van der Waals surface area contributed by atoms with Crippen molar-refractivity contribution in [1.29, 1.82) is 5.41 Å². The molecule has 3 amide bonds. The number of para-hydroxylation sites is 1. The van der Waals surface area contributed by atoms with Gasteiger partial charge in [-0.25, -0.2) is 4.79 Å². The Hall–Kier alpha value is -6.38. The number of H-pyrrole nitrogens is 1. The van der Waals surface area contributed by atoms with Crippen molar-refractivity contribution in [1.82, 2.24) is 36.4 Å². The van der Waals surface area contributed by atoms with Crippen LogP contribution < -0.4 is 27.0 Å². The number of guanidine groups is 1. The number of hydrogen-bond donors (Lipinski definition) is 9. The van der Waals surface area contributed by atoms with Crippen LogP contribution >= 0.6 is 0 Å². The molecule has 0 spiro atoms. The Morgan fingerprint density at radius 1 is 0.942 bits per heavy atom. The molecule has 10 N–H and O–H groups in total. The SMILES string of the molecule is Cc1cc(O)cc(C)c1CC(NC(=O)C(CCCNC(=N)N)NC(=O)O)C(=O)N[C@@H](Cc1c[nH]c2ccccc12)c1nc(Cc2ccccc2)no1. The number of aryl methyl sites for hydroxylation is 2. The van der Waals surface area contributed by atoms with E-state index >= 15 is 0 Å². The number of carbonyl (C=O) groups excluding carboxylic acids is 2. The third kappa shape index (κ3) is 9.87. The second-order valence-corrected chi connectivity index (χ2v) is 12.6. The predicted octanol–water partition coefficient (Wildman–Crippen LogP) is 3.49. The first-order valence-electron chi connectivity index (χ1n) is 16.9. The minimum absolute atomic E-state index is 0.0318. The third-order valence-corrected chi connectivity index (χ3v) is 8.72. The Labute approximate surface area is 299 Å². The second-order valence-electron chi connectivity index (χ2n) is 12.6. The lowest BCUT2D eigenvalue weighted by molar-refractivity contribution is -0.130. The smallest absolute Gasteiger partial charge is 0.405 e. The molecule has 3 aromatic carbocycles. The van der Waals surface area contributed by atoms with Crippen LogP contribution in [0.15, 0.2) is 77.4 Å². The van der Waals surface area contributed by atoms with E-state index in [1.807, 2.05) is 60.8 Å². The van der Waals surface area contributed by atoms with E-state index in [0.717, 1.165) is 27.6 Å². The van der Waals surface area contributed by atoms with Crippen LogP contribution in [0.3, 0.4) is 0 Å². The number of benzene rings is 3. The van der Waals surface area contributed by atoms with Gasteiger partial charge in [0, 0.05) is 42.9 Å². The van der Waals surface area contributed by atoms with Crippen LogP contribution in [0.2, 0.25) is 0 Å². The maximum atomic E-state index is 14.4. The normalized spacial score (nSPS) is 12.8. The Bertz CT molecular complexity index is 2000. The van der Waals surface area contributed by atoms with Gasteiger partial charge in [0.1, 0.15) is 23.9 Å². The first-order chi connectivity index (χ1) is 25.0. The molecule has 3 atom stereocenters. The van der Waals surface area contributed by atoms with Crippen molar-refractivity contribution in [3.8, 4) is 5.75 Å². The van der Waals surface area contributed by atoms with Gasteiger partial charge in [0.15, 0.2) is 11.8 Å². The number of nitrogens with zero attached hydrogens (tertiary/aromatic N) is 2. The number of amides is 3. The topological polar surface area (TPSA) is 244 Å². The van der Waals surface area contributed by atoms with Gasteiger partial charge in [-0.3, -0.25) is 15.0 Å². The molecule has 0 fully saturated rings. The van der Waals surface area contributed by atoms with Crippen molar-refractivity contribution in [3.05, 3.63) is 112 Å². The van der Waals surface area contributed by atoms with E-state index in [1.165, 1.54) is 0 Å². The van der Waals surface area contributed by atoms with Gasteiger partial charge in [0.2, 0.25) is 17.7 Å². The maximum Gasteiger partial charge on any atom is 0.405 e. The Kier molecular flexibility index (Phi) is 12.1. The number of nitrogens with one attached hydrogen (secondary N) is 6. The number of aromatic amines is 1. The average Bonchev–Trinajstić information content (AvgIpc) is 3.74. The number of aromatic hydroxyl groups is 1. The Morgan fingerprint density at radius 2 is 1.63 bits per heavy atom. The van der Waals surface area contributed by atoms with E-state index in [0.29, 0.717) is 29.8 Å². The molecule has 0 aliphatic carbocycles. The van der Waals surface area contributed by atoms with E-state index < -0.39 is 36.0 Å². The molecule has 15 heteroatoms. The Balaban J connectivity index is 1.45. The zero-order chi connectivity index (χ0) is 37.2. The molecular weight excluding hydrogens is 666 g/mol. The summed E-state index contributed by atoms with van der Waals surface area (Å²) in [6.07, 6.45) is 1.54. The number of phenols is 1. The number of rotatable bonds is 16. The average molecular weight is 710 g/mol. The fraction of sp³-hybridized carbons (Fsp3) is 0.297. The van der Waals surface area contributed by atoms with Gasteiger partial charge >= 0.3 is 6.09 Å². The summed E-state index contributed by atoms with van der Waals surface area (Å²) in [6.45, 7) is 3.83. The summed E-state index contributed by atoms with van der Waals surface area (Å²) >= 11 is 0. The number of phenolic OH excluding ortho intramolecular Hbond substituents is 1. The second kappa shape index (κ2) is 17.0. The molecule has 0 aliphatic rings. The quantitative estimate of drug-likeness (QED) is 0.0410. The van der Waals surface area contributed by atoms with Gasteiger partial charge in [0.05, 0.1) is 0 Å². The van der Waals surface area contributed by atoms with Crippen molar-refractivity contribution >= 4 is 34.8 Å². The van der Waals surface area contributed by atoms with Crippen LogP contribution in [-0.2, 0) is 28.9 Å². The molecule has 2 heterocycles. The van der Waals surface area contributed by atoms with Crippen LogP contribution in [0.4, 0.5) is 4.79 Å². The van der Waals surface area contributed by atoms with E-state index in [-0.39, 0.29) is 43.4 Å². The molecule has 52 heavy (non-hydrogen) atoms. The van der Waals surface area contributed by atoms with Crippen LogP contribution in [0.1, 0.15) is 58.4 Å². The molecule has 2 aromatic heterocycles. The zero-order valence-electron chi connectivity index (χ0n) is 28.9. The molecule has 2 unspecified atom stereocenters. The summed E-state index contributed by atoms with van der Waals surface area (Å²) in [7, 11) is 0. The fourth-order valence-corrected chi connectivity index (χ4v) is 6.18. The van der Waals surface area contributed by atoms with E-state index in [9.17, 15) is 24.6 Å². The molecule has 15 nitrogen and oxygen atoms in total. The van der Waals surface area contributed by atoms with Crippen molar-refractivity contribution < 1.29 is 29.1 Å². The predicted molar refractivity (Wildman–Crippen MR) is 194 cm³/mol. The number of carboxylic acid groups (broad SMARTS) is 1. The monoisotopic (exact) mass is 709 g/mol. The molecule has 0 radical (unpaired) electrons. The molecule has 0 saturated heterocycles. The maximum absolute atomic E-state index is 14.4. The highest BCUT2D eigenvalue weighted by molar-refractivity contribution is 5.91. The van der Waals surface area contributed by atoms with E-state index in [4.69, 9.17) is 15.7 Å². The van der Waals surface area contributed by atoms with E-state index in [1.54, 1.807) is 26.0 Å². The van der Waals surface area contributed by atoms with Gasteiger partial charge in [-0.2, -0.15) is 4.98 Å². The summed E-state index contributed by atoms with van der Waals surface area (Å²) in [5, 5.41) is 42.8. The number of nitrogens with two attached hydrogens (primary N) is 1. The first-order valence-corrected chi connectivity index (χ1v) is 16.9. The van der Waals surface area contributed by atoms with Crippen LogP contribution in [-0.4, -0.2) is 67.8 Å². The standard InChI is InChI=1S/C37H43N9O6/c1-21-15-25(47)16-22(2)27(21)19-30(42-33(48)29(44-37(50)51)13-8-14-40-36(38)39)34(49)43-31(18-24-20-41-28-12-7-6-11-26(24)28)35-45-32(46-52-35)17-23-9-4-3-5-10-23/h3-7,9-12,15-16,20,29-31,41,44,47H,8,13-14,17-19H2,1-2H3,(H,42,48)(H,43,49)(H,50,51)(H4,38,39,40)/t29?,30?,31-/m0/s1. The van der Waals surface area contributed by atoms with Crippen molar-refractivity contribution in [2.75, 3.05) is 6.54 Å². The summed E-state index contributed by atoms with van der Waals surface area (Å²) in [5.74, 6) is -0.860.